The molecule has 2 aliphatic rings. The highest BCUT2D eigenvalue weighted by atomic mass is 16.5. The van der Waals surface area contributed by atoms with Crippen molar-refractivity contribution in [3.05, 3.63) is 35.9 Å². The summed E-state index contributed by atoms with van der Waals surface area (Å²) >= 11 is 0. The van der Waals surface area contributed by atoms with Crippen LogP contribution in [0.1, 0.15) is 24.8 Å². The molecular weight excluding hydrogens is 262 g/mol. The van der Waals surface area contributed by atoms with Gasteiger partial charge in [-0.2, -0.15) is 0 Å². The van der Waals surface area contributed by atoms with Crippen molar-refractivity contribution < 1.29 is 9.47 Å². The molecule has 1 unspecified atom stereocenters. The third kappa shape index (κ3) is 3.47. The number of nitrogens with zero attached hydrogens (tertiary/aromatic N) is 1. The molecule has 0 amide bonds. The highest BCUT2D eigenvalue weighted by Crippen LogP contribution is 2.44. The van der Waals surface area contributed by atoms with Gasteiger partial charge in [-0.25, -0.2) is 0 Å². The molecule has 3 rings (SSSR count). The Hall–Kier alpha value is -0.900. The number of rotatable bonds is 4. The molecule has 1 atom stereocenters. The Morgan fingerprint density at radius 1 is 1.19 bits per heavy atom. The summed E-state index contributed by atoms with van der Waals surface area (Å²) in [5.74, 6) is 0.579. The second-order valence-electron chi connectivity index (χ2n) is 6.60. The van der Waals surface area contributed by atoms with Crippen molar-refractivity contribution in [1.82, 2.24) is 4.90 Å². The lowest BCUT2D eigenvalue weighted by Crippen LogP contribution is -2.49. The molecular formula is C18H27NO2. The van der Waals surface area contributed by atoms with Gasteiger partial charge in [0.2, 0.25) is 0 Å². The number of likely N-dealkylation sites (tertiary alicyclic amines) is 1. The van der Waals surface area contributed by atoms with Crippen molar-refractivity contribution in [3.63, 3.8) is 0 Å². The normalized spacial score (nSPS) is 26.0. The summed E-state index contributed by atoms with van der Waals surface area (Å²) in [6, 6.07) is 10.8. The van der Waals surface area contributed by atoms with E-state index in [9.17, 15) is 0 Å². The van der Waals surface area contributed by atoms with Crippen LogP contribution in [0.15, 0.2) is 30.3 Å². The van der Waals surface area contributed by atoms with Gasteiger partial charge in [-0.05, 0) is 43.3 Å². The molecule has 0 bridgehead atoms. The van der Waals surface area contributed by atoms with E-state index < -0.39 is 0 Å². The maximum Gasteiger partial charge on any atom is 0.0521 e. The fraction of sp³-hybridized carbons (Fsp3) is 0.667. The van der Waals surface area contributed by atoms with Gasteiger partial charge in [-0.1, -0.05) is 30.3 Å². The quantitative estimate of drug-likeness (QED) is 0.850. The van der Waals surface area contributed by atoms with Crippen LogP contribution >= 0.6 is 0 Å². The Morgan fingerprint density at radius 3 is 2.67 bits per heavy atom. The van der Waals surface area contributed by atoms with Gasteiger partial charge in [-0.3, -0.25) is 4.90 Å². The maximum absolute atomic E-state index is 5.69. The van der Waals surface area contributed by atoms with Crippen molar-refractivity contribution in [2.24, 2.45) is 11.3 Å². The van der Waals surface area contributed by atoms with Crippen LogP contribution in [0.2, 0.25) is 0 Å². The summed E-state index contributed by atoms with van der Waals surface area (Å²) in [5, 5.41) is 0. The van der Waals surface area contributed by atoms with Crippen LogP contribution < -0.4 is 0 Å². The third-order valence-corrected chi connectivity index (χ3v) is 5.40. The monoisotopic (exact) mass is 289 g/mol. The van der Waals surface area contributed by atoms with Gasteiger partial charge in [-0.15, -0.1) is 0 Å². The van der Waals surface area contributed by atoms with E-state index in [1.165, 1.54) is 37.9 Å². The van der Waals surface area contributed by atoms with Gasteiger partial charge < -0.3 is 9.47 Å². The summed E-state index contributed by atoms with van der Waals surface area (Å²) < 4.78 is 11.1. The average Bonchev–Trinajstić information content (AvgIpc) is 2.53. The molecule has 3 nitrogen and oxygen atoms in total. The van der Waals surface area contributed by atoms with Gasteiger partial charge in [0.25, 0.3) is 0 Å². The Bertz CT molecular complexity index is 424. The molecule has 0 saturated carbocycles. The fourth-order valence-electron chi connectivity index (χ4n) is 3.96. The summed E-state index contributed by atoms with van der Waals surface area (Å²) in [7, 11) is 1.81. The van der Waals surface area contributed by atoms with E-state index in [2.05, 4.69) is 35.2 Å². The lowest BCUT2D eigenvalue weighted by Gasteiger charge is -2.49. The second kappa shape index (κ2) is 6.91. The SMILES string of the molecule is COCC1COCCC12CCN(Cc1ccccc1)CC2. The molecule has 21 heavy (non-hydrogen) atoms. The first kappa shape index (κ1) is 15.0. The number of ether oxygens (including phenoxy) is 2. The molecule has 0 aromatic heterocycles. The van der Waals surface area contributed by atoms with Gasteiger partial charge >= 0.3 is 0 Å². The Morgan fingerprint density at radius 2 is 1.95 bits per heavy atom. The van der Waals surface area contributed by atoms with Gasteiger partial charge in [0.15, 0.2) is 0 Å². The summed E-state index contributed by atoms with van der Waals surface area (Å²) in [6.07, 6.45) is 3.79. The molecule has 2 saturated heterocycles. The van der Waals surface area contributed by atoms with Gasteiger partial charge in [0.05, 0.1) is 13.2 Å². The summed E-state index contributed by atoms with van der Waals surface area (Å²) in [4.78, 5) is 2.60. The number of benzene rings is 1. The van der Waals surface area contributed by atoms with E-state index in [1.807, 2.05) is 7.11 Å². The zero-order chi connectivity index (χ0) is 14.5. The molecule has 1 spiro atoms. The minimum Gasteiger partial charge on any atom is -0.384 e. The maximum atomic E-state index is 5.69. The molecule has 2 fully saturated rings. The number of methoxy groups -OCH3 is 1. The van der Waals surface area contributed by atoms with Crippen LogP contribution in [0.5, 0.6) is 0 Å². The Balaban J connectivity index is 1.58. The van der Waals surface area contributed by atoms with Crippen molar-refractivity contribution in [1.29, 1.82) is 0 Å². The molecule has 0 radical (unpaired) electrons. The summed E-state index contributed by atoms with van der Waals surface area (Å²) in [6.45, 7) is 6.15. The summed E-state index contributed by atoms with van der Waals surface area (Å²) in [5.41, 5.74) is 1.88. The smallest absolute Gasteiger partial charge is 0.0521 e. The molecule has 1 aromatic rings. The second-order valence-corrected chi connectivity index (χ2v) is 6.60. The van der Waals surface area contributed by atoms with E-state index in [-0.39, 0.29) is 0 Å². The highest BCUT2D eigenvalue weighted by molar-refractivity contribution is 5.14. The molecule has 2 aliphatic heterocycles. The predicted molar refractivity (Wildman–Crippen MR) is 84.2 cm³/mol. The average molecular weight is 289 g/mol. The zero-order valence-corrected chi connectivity index (χ0v) is 13.1. The molecule has 2 heterocycles. The lowest BCUT2D eigenvalue weighted by atomic mass is 9.66. The molecule has 0 N–H and O–H groups in total. The number of hydrogen-bond acceptors (Lipinski definition) is 3. The van der Waals surface area contributed by atoms with Crippen LogP contribution in [0.3, 0.4) is 0 Å². The van der Waals surface area contributed by atoms with E-state index in [1.54, 1.807) is 0 Å². The lowest BCUT2D eigenvalue weighted by molar-refractivity contribution is -0.0951. The van der Waals surface area contributed by atoms with Gasteiger partial charge in [0, 0.05) is 26.2 Å². The Kier molecular flexibility index (Phi) is 4.94. The zero-order valence-electron chi connectivity index (χ0n) is 13.1. The van der Waals surface area contributed by atoms with Crippen molar-refractivity contribution >= 4 is 0 Å². The first-order chi connectivity index (χ1) is 10.3. The van der Waals surface area contributed by atoms with E-state index in [4.69, 9.17) is 9.47 Å². The van der Waals surface area contributed by atoms with E-state index in [0.29, 0.717) is 11.3 Å². The number of hydrogen-bond donors (Lipinski definition) is 0. The topological polar surface area (TPSA) is 21.7 Å². The van der Waals surface area contributed by atoms with E-state index >= 15 is 0 Å². The molecule has 3 heteroatoms. The molecule has 116 valence electrons. The van der Waals surface area contributed by atoms with E-state index in [0.717, 1.165) is 26.4 Å². The van der Waals surface area contributed by atoms with Crippen LogP contribution in [0.25, 0.3) is 0 Å². The highest BCUT2D eigenvalue weighted by Gasteiger charge is 2.43. The van der Waals surface area contributed by atoms with Crippen molar-refractivity contribution in [3.8, 4) is 0 Å². The van der Waals surface area contributed by atoms with Gasteiger partial charge in [0.1, 0.15) is 0 Å². The fourth-order valence-corrected chi connectivity index (χ4v) is 3.96. The first-order valence-electron chi connectivity index (χ1n) is 8.15. The minimum atomic E-state index is 0.460. The number of piperidine rings is 1. The predicted octanol–water partition coefficient (Wildman–Crippen LogP) is 2.95. The van der Waals surface area contributed by atoms with Crippen LogP contribution in [-0.2, 0) is 16.0 Å². The minimum absolute atomic E-state index is 0.460. The van der Waals surface area contributed by atoms with Crippen LogP contribution in [-0.4, -0.2) is 44.9 Å². The molecule has 1 aromatic carbocycles. The first-order valence-corrected chi connectivity index (χ1v) is 8.15. The molecule has 0 aliphatic carbocycles. The largest absolute Gasteiger partial charge is 0.384 e. The Labute approximate surface area is 128 Å². The van der Waals surface area contributed by atoms with Crippen molar-refractivity contribution in [2.45, 2.75) is 25.8 Å². The standard InChI is InChI=1S/C18H27NO2/c1-20-14-17-15-21-12-9-18(17)7-10-19(11-8-18)13-16-5-3-2-4-6-16/h2-6,17H,7-15H2,1H3. The van der Waals surface area contributed by atoms with Crippen LogP contribution in [0.4, 0.5) is 0 Å². The third-order valence-electron chi connectivity index (χ3n) is 5.40. The van der Waals surface area contributed by atoms with Crippen LogP contribution in [0, 0.1) is 11.3 Å². The van der Waals surface area contributed by atoms with Crippen molar-refractivity contribution in [2.75, 3.05) is 40.0 Å².